The zero-order chi connectivity index (χ0) is 14.4. The van der Waals surface area contributed by atoms with Gasteiger partial charge in [0.2, 0.25) is 0 Å². The first-order valence-corrected chi connectivity index (χ1v) is 8.45. The number of aliphatic hydroxyl groups excluding tert-OH is 1. The number of ether oxygens (including phenoxy) is 1. The zero-order valence-electron chi connectivity index (χ0n) is 13.3. The number of likely N-dealkylation sites (N-methyl/N-ethyl adjacent to an activating group) is 1. The van der Waals surface area contributed by atoms with Crippen molar-refractivity contribution < 1.29 is 9.84 Å². The molecule has 2 aliphatic heterocycles. The van der Waals surface area contributed by atoms with Crippen molar-refractivity contribution in [2.45, 2.75) is 64.2 Å². The normalized spacial score (nSPS) is 31.9. The highest BCUT2D eigenvalue weighted by atomic mass is 16.5. The fraction of sp³-hybridized carbons (Fsp3) is 1.00. The minimum Gasteiger partial charge on any atom is -0.393 e. The monoisotopic (exact) mass is 284 g/mol. The third kappa shape index (κ3) is 4.99. The second-order valence-corrected chi connectivity index (χ2v) is 6.47. The largest absolute Gasteiger partial charge is 0.393 e. The van der Waals surface area contributed by atoms with Crippen molar-refractivity contribution in [1.82, 2.24) is 9.80 Å². The Bertz CT molecular complexity index is 273. The Hall–Kier alpha value is -0.160. The van der Waals surface area contributed by atoms with Crippen LogP contribution in [0.1, 0.15) is 46.0 Å². The van der Waals surface area contributed by atoms with E-state index in [-0.39, 0.29) is 6.10 Å². The minimum absolute atomic E-state index is 0.194. The second-order valence-electron chi connectivity index (χ2n) is 6.47. The number of rotatable bonds is 5. The Balaban J connectivity index is 1.89. The van der Waals surface area contributed by atoms with Crippen molar-refractivity contribution in [3.05, 3.63) is 0 Å². The van der Waals surface area contributed by atoms with E-state index >= 15 is 0 Å². The highest BCUT2D eigenvalue weighted by molar-refractivity contribution is 4.81. The maximum absolute atomic E-state index is 9.73. The average molecular weight is 284 g/mol. The topological polar surface area (TPSA) is 35.9 Å². The van der Waals surface area contributed by atoms with Gasteiger partial charge in [0.15, 0.2) is 0 Å². The Morgan fingerprint density at radius 1 is 1.25 bits per heavy atom. The maximum atomic E-state index is 9.73. The molecule has 2 aliphatic rings. The molecule has 0 radical (unpaired) electrons. The van der Waals surface area contributed by atoms with E-state index in [0.717, 1.165) is 39.2 Å². The Kier molecular flexibility index (Phi) is 6.75. The van der Waals surface area contributed by atoms with Crippen LogP contribution >= 0.6 is 0 Å². The summed E-state index contributed by atoms with van der Waals surface area (Å²) in [4.78, 5) is 5.07. The van der Waals surface area contributed by atoms with Gasteiger partial charge < -0.3 is 9.84 Å². The van der Waals surface area contributed by atoms with Crippen molar-refractivity contribution in [2.24, 2.45) is 0 Å². The van der Waals surface area contributed by atoms with Crippen molar-refractivity contribution in [3.63, 3.8) is 0 Å². The van der Waals surface area contributed by atoms with E-state index in [1.54, 1.807) is 0 Å². The molecule has 4 nitrogen and oxygen atoms in total. The molecule has 4 heteroatoms. The van der Waals surface area contributed by atoms with Crippen LogP contribution in [0.15, 0.2) is 0 Å². The highest BCUT2D eigenvalue weighted by Crippen LogP contribution is 2.21. The van der Waals surface area contributed by atoms with Gasteiger partial charge in [0.05, 0.1) is 18.8 Å². The van der Waals surface area contributed by atoms with E-state index in [4.69, 9.17) is 4.74 Å². The molecular formula is C16H32N2O2. The lowest BCUT2D eigenvalue weighted by molar-refractivity contribution is -0.0492. The van der Waals surface area contributed by atoms with Gasteiger partial charge in [0.25, 0.3) is 0 Å². The number of nitrogens with zero attached hydrogens (tertiary/aromatic N) is 2. The van der Waals surface area contributed by atoms with Gasteiger partial charge in [-0.3, -0.25) is 9.80 Å². The summed E-state index contributed by atoms with van der Waals surface area (Å²) >= 11 is 0. The van der Waals surface area contributed by atoms with Crippen LogP contribution in [0.2, 0.25) is 0 Å². The Morgan fingerprint density at radius 3 is 2.85 bits per heavy atom. The summed E-state index contributed by atoms with van der Waals surface area (Å²) < 4.78 is 5.96. The molecular weight excluding hydrogens is 252 g/mol. The van der Waals surface area contributed by atoms with Crippen molar-refractivity contribution >= 4 is 0 Å². The molecule has 0 aromatic carbocycles. The first-order valence-electron chi connectivity index (χ1n) is 8.45. The molecule has 2 heterocycles. The molecule has 3 unspecified atom stereocenters. The van der Waals surface area contributed by atoms with Crippen LogP contribution in [0.5, 0.6) is 0 Å². The number of likely N-dealkylation sites (tertiary alicyclic amines) is 1. The maximum Gasteiger partial charge on any atom is 0.0829 e. The number of hydrogen-bond acceptors (Lipinski definition) is 4. The number of morpholine rings is 1. The smallest absolute Gasteiger partial charge is 0.0829 e. The molecule has 3 atom stereocenters. The molecule has 2 saturated heterocycles. The van der Waals surface area contributed by atoms with Crippen molar-refractivity contribution in [2.75, 3.05) is 39.3 Å². The quantitative estimate of drug-likeness (QED) is 0.834. The third-order valence-corrected chi connectivity index (χ3v) is 4.72. The molecule has 2 rings (SSSR count). The minimum atomic E-state index is -0.194. The Labute approximate surface area is 124 Å². The van der Waals surface area contributed by atoms with Gasteiger partial charge in [-0.15, -0.1) is 0 Å². The zero-order valence-corrected chi connectivity index (χ0v) is 13.3. The van der Waals surface area contributed by atoms with Crippen LogP contribution < -0.4 is 0 Å². The van der Waals surface area contributed by atoms with Gasteiger partial charge in [-0.2, -0.15) is 0 Å². The van der Waals surface area contributed by atoms with Crippen molar-refractivity contribution in [3.8, 4) is 0 Å². The summed E-state index contributed by atoms with van der Waals surface area (Å²) in [7, 11) is 0. The molecule has 0 aliphatic carbocycles. The molecule has 0 aromatic rings. The molecule has 0 bridgehead atoms. The molecule has 0 spiro atoms. The fourth-order valence-electron chi connectivity index (χ4n) is 3.58. The van der Waals surface area contributed by atoms with Crippen LogP contribution in [-0.2, 0) is 4.74 Å². The molecule has 0 amide bonds. The first-order chi connectivity index (χ1) is 9.69. The van der Waals surface area contributed by atoms with Crippen LogP contribution in [0.4, 0.5) is 0 Å². The van der Waals surface area contributed by atoms with Crippen LogP contribution in [0, 0.1) is 0 Å². The average Bonchev–Trinajstić information content (AvgIpc) is 2.64. The predicted octanol–water partition coefficient (Wildman–Crippen LogP) is 1.72. The van der Waals surface area contributed by atoms with Gasteiger partial charge in [-0.05, 0) is 39.3 Å². The van der Waals surface area contributed by atoms with Gasteiger partial charge in [-0.1, -0.05) is 19.8 Å². The van der Waals surface area contributed by atoms with Gasteiger partial charge in [0.1, 0.15) is 0 Å². The van der Waals surface area contributed by atoms with E-state index in [9.17, 15) is 5.11 Å². The van der Waals surface area contributed by atoms with Crippen molar-refractivity contribution in [1.29, 1.82) is 0 Å². The third-order valence-electron chi connectivity index (χ3n) is 4.72. The van der Waals surface area contributed by atoms with E-state index in [1.165, 1.54) is 32.2 Å². The van der Waals surface area contributed by atoms with E-state index in [1.807, 2.05) is 6.92 Å². The molecule has 0 saturated carbocycles. The Morgan fingerprint density at radius 2 is 2.10 bits per heavy atom. The van der Waals surface area contributed by atoms with E-state index in [0.29, 0.717) is 12.1 Å². The molecule has 0 aromatic heterocycles. The van der Waals surface area contributed by atoms with Crippen LogP contribution in [-0.4, -0.2) is 72.5 Å². The molecule has 1 N–H and O–H groups in total. The SMILES string of the molecule is CCN1CCOC(CN2CCCCCC2CC(C)O)C1. The van der Waals surface area contributed by atoms with Crippen LogP contribution in [0.25, 0.3) is 0 Å². The lowest BCUT2D eigenvalue weighted by Crippen LogP contribution is -2.49. The summed E-state index contributed by atoms with van der Waals surface area (Å²) in [5, 5.41) is 9.73. The summed E-state index contributed by atoms with van der Waals surface area (Å²) in [6, 6.07) is 0.540. The standard InChI is InChI=1S/C16H32N2O2/c1-3-17-9-10-20-16(12-17)13-18-8-6-4-5-7-15(18)11-14(2)19/h14-16,19H,3-13H2,1-2H3. The molecule has 118 valence electrons. The molecule has 20 heavy (non-hydrogen) atoms. The summed E-state index contributed by atoms with van der Waals surface area (Å²) in [6.45, 7) is 10.5. The number of aliphatic hydroxyl groups is 1. The fourth-order valence-corrected chi connectivity index (χ4v) is 3.58. The second kappa shape index (κ2) is 8.32. The lowest BCUT2D eigenvalue weighted by Gasteiger charge is -2.38. The summed E-state index contributed by atoms with van der Waals surface area (Å²) in [5.41, 5.74) is 0. The highest BCUT2D eigenvalue weighted by Gasteiger charge is 2.27. The van der Waals surface area contributed by atoms with E-state index < -0.39 is 0 Å². The van der Waals surface area contributed by atoms with Crippen LogP contribution in [0.3, 0.4) is 0 Å². The first kappa shape index (κ1) is 16.2. The van der Waals surface area contributed by atoms with E-state index in [2.05, 4.69) is 16.7 Å². The van der Waals surface area contributed by atoms with Gasteiger partial charge in [-0.25, -0.2) is 0 Å². The molecule has 2 fully saturated rings. The number of hydrogen-bond donors (Lipinski definition) is 1. The lowest BCUT2D eigenvalue weighted by atomic mass is 10.0. The predicted molar refractivity (Wildman–Crippen MR) is 82.0 cm³/mol. The summed E-state index contributed by atoms with van der Waals surface area (Å²) in [5.74, 6) is 0. The summed E-state index contributed by atoms with van der Waals surface area (Å²) in [6.07, 6.45) is 6.22. The van der Waals surface area contributed by atoms with Gasteiger partial charge in [0, 0.05) is 25.7 Å². The van der Waals surface area contributed by atoms with Gasteiger partial charge >= 0.3 is 0 Å².